The Bertz CT molecular complexity index is 1320. The van der Waals surface area contributed by atoms with Crippen LogP contribution in [0.2, 0.25) is 0 Å². The Hall–Kier alpha value is -3.97. The first-order valence-corrected chi connectivity index (χ1v) is 10.9. The predicted octanol–water partition coefficient (Wildman–Crippen LogP) is 6.03. The van der Waals surface area contributed by atoms with Gasteiger partial charge in [0.05, 0.1) is 30.8 Å². The Kier molecular flexibility index (Phi) is 5.63. The highest BCUT2D eigenvalue weighted by molar-refractivity contribution is 7.99. The molecule has 0 atom stereocenters. The number of hydrogen-bond donors (Lipinski definition) is 0. The first-order valence-electron chi connectivity index (χ1n) is 9.89. The molecule has 5 aromatic rings. The number of Topliss-reactive ketones (excluding diaryl/α,β-unsaturated/α-hetero) is 1. The molecule has 7 heteroatoms. The van der Waals surface area contributed by atoms with E-state index < -0.39 is 0 Å². The maximum absolute atomic E-state index is 12.7. The summed E-state index contributed by atoms with van der Waals surface area (Å²) in [6, 6.07) is 21.3. The van der Waals surface area contributed by atoms with Gasteiger partial charge in [0.1, 0.15) is 11.4 Å². The molecule has 0 aliphatic heterocycles. The van der Waals surface area contributed by atoms with Crippen LogP contribution >= 0.6 is 11.8 Å². The molecule has 6 nitrogen and oxygen atoms in total. The van der Waals surface area contributed by atoms with Gasteiger partial charge in [0.15, 0.2) is 5.78 Å². The van der Waals surface area contributed by atoms with E-state index in [1.54, 1.807) is 31.1 Å². The van der Waals surface area contributed by atoms with E-state index in [2.05, 4.69) is 15.2 Å². The van der Waals surface area contributed by atoms with Gasteiger partial charge in [-0.3, -0.25) is 4.79 Å². The molecule has 0 saturated heterocycles. The zero-order valence-corrected chi connectivity index (χ0v) is 17.7. The minimum absolute atomic E-state index is 0.00184. The van der Waals surface area contributed by atoms with Gasteiger partial charge in [-0.15, -0.1) is 10.2 Å². The standard InChI is InChI=1S/C25H17N3O3S/c29-22(19-8-6-18(7-9-19)17-4-2-1-3-5-17)16-32-25-26-23(20-10-12-30-14-20)24(27-28-25)21-11-13-31-15-21/h1-15H,16H2. The van der Waals surface area contributed by atoms with E-state index in [0.717, 1.165) is 22.3 Å². The van der Waals surface area contributed by atoms with E-state index in [4.69, 9.17) is 8.83 Å². The molecular weight excluding hydrogens is 422 g/mol. The van der Waals surface area contributed by atoms with Crippen molar-refractivity contribution in [2.45, 2.75) is 5.16 Å². The monoisotopic (exact) mass is 439 g/mol. The van der Waals surface area contributed by atoms with E-state index >= 15 is 0 Å². The average Bonchev–Trinajstić information content (AvgIpc) is 3.58. The van der Waals surface area contributed by atoms with Crippen LogP contribution in [-0.2, 0) is 0 Å². The number of furan rings is 2. The number of benzene rings is 2. The molecule has 0 spiro atoms. The SMILES string of the molecule is O=C(CSc1nnc(-c2ccoc2)c(-c2ccoc2)n1)c1ccc(-c2ccccc2)cc1. The van der Waals surface area contributed by atoms with Gasteiger partial charge in [0, 0.05) is 16.7 Å². The fourth-order valence-corrected chi connectivity index (χ4v) is 3.94. The van der Waals surface area contributed by atoms with Gasteiger partial charge in [-0.2, -0.15) is 0 Å². The number of carbonyl (C=O) groups is 1. The van der Waals surface area contributed by atoms with Gasteiger partial charge in [0.2, 0.25) is 5.16 Å². The second-order valence-corrected chi connectivity index (χ2v) is 7.91. The molecular formula is C25H17N3O3S. The van der Waals surface area contributed by atoms with Crippen LogP contribution in [0.5, 0.6) is 0 Å². The van der Waals surface area contributed by atoms with Crippen molar-refractivity contribution in [1.29, 1.82) is 0 Å². The van der Waals surface area contributed by atoms with Crippen molar-refractivity contribution in [2.75, 3.05) is 5.75 Å². The second kappa shape index (κ2) is 9.03. The maximum Gasteiger partial charge on any atom is 0.210 e. The van der Waals surface area contributed by atoms with Crippen molar-refractivity contribution in [2.24, 2.45) is 0 Å². The summed E-state index contributed by atoms with van der Waals surface area (Å²) < 4.78 is 10.4. The van der Waals surface area contributed by atoms with Crippen molar-refractivity contribution < 1.29 is 13.6 Å². The summed E-state index contributed by atoms with van der Waals surface area (Å²) in [5.41, 5.74) is 5.60. The van der Waals surface area contributed by atoms with Crippen molar-refractivity contribution in [3.8, 4) is 33.6 Å². The Balaban J connectivity index is 1.32. The smallest absolute Gasteiger partial charge is 0.210 e. The van der Waals surface area contributed by atoms with Gasteiger partial charge in [-0.1, -0.05) is 66.4 Å². The van der Waals surface area contributed by atoms with Gasteiger partial charge < -0.3 is 8.83 Å². The maximum atomic E-state index is 12.7. The van der Waals surface area contributed by atoms with Crippen LogP contribution in [0.1, 0.15) is 10.4 Å². The lowest BCUT2D eigenvalue weighted by atomic mass is 10.0. The summed E-state index contributed by atoms with van der Waals surface area (Å²) in [5.74, 6) is 0.212. The third kappa shape index (κ3) is 4.24. The lowest BCUT2D eigenvalue weighted by Crippen LogP contribution is -2.04. The fourth-order valence-electron chi connectivity index (χ4n) is 3.26. The topological polar surface area (TPSA) is 82.0 Å². The van der Waals surface area contributed by atoms with E-state index in [9.17, 15) is 4.79 Å². The van der Waals surface area contributed by atoms with Crippen LogP contribution in [0, 0.1) is 0 Å². The third-order valence-corrected chi connectivity index (χ3v) is 5.74. The Labute approximate surface area is 188 Å². The number of aromatic nitrogens is 3. The Morgan fingerprint density at radius 1 is 0.719 bits per heavy atom. The number of carbonyl (C=O) groups excluding carboxylic acids is 1. The normalized spacial score (nSPS) is 10.9. The number of thioether (sulfide) groups is 1. The van der Waals surface area contributed by atoms with Gasteiger partial charge >= 0.3 is 0 Å². The van der Waals surface area contributed by atoms with Crippen molar-refractivity contribution >= 4 is 17.5 Å². The molecule has 32 heavy (non-hydrogen) atoms. The minimum atomic E-state index is 0.00184. The Morgan fingerprint density at radius 3 is 2.03 bits per heavy atom. The minimum Gasteiger partial charge on any atom is -0.472 e. The molecule has 0 unspecified atom stereocenters. The average molecular weight is 439 g/mol. The summed E-state index contributed by atoms with van der Waals surface area (Å²) in [6.07, 6.45) is 6.33. The zero-order chi connectivity index (χ0) is 21.8. The molecule has 5 rings (SSSR count). The summed E-state index contributed by atoms with van der Waals surface area (Å²) in [5, 5.41) is 8.95. The highest BCUT2D eigenvalue weighted by atomic mass is 32.2. The quantitative estimate of drug-likeness (QED) is 0.226. The lowest BCUT2D eigenvalue weighted by Gasteiger charge is -2.06. The number of nitrogens with zero attached hydrogens (tertiary/aromatic N) is 3. The largest absolute Gasteiger partial charge is 0.472 e. The first kappa shape index (κ1) is 20.0. The van der Waals surface area contributed by atoms with Crippen LogP contribution in [0.4, 0.5) is 0 Å². The first-order chi connectivity index (χ1) is 15.8. The molecule has 2 aromatic carbocycles. The molecule has 0 aliphatic rings. The molecule has 3 heterocycles. The van der Waals surface area contributed by atoms with Gasteiger partial charge in [-0.25, -0.2) is 4.98 Å². The Morgan fingerprint density at radius 2 is 1.38 bits per heavy atom. The lowest BCUT2D eigenvalue weighted by molar-refractivity contribution is 0.102. The van der Waals surface area contributed by atoms with Crippen LogP contribution in [0.25, 0.3) is 33.6 Å². The van der Waals surface area contributed by atoms with Gasteiger partial charge in [-0.05, 0) is 23.3 Å². The summed E-state index contributed by atoms with van der Waals surface area (Å²) in [7, 11) is 0. The van der Waals surface area contributed by atoms with Gasteiger partial charge in [0.25, 0.3) is 0 Å². The molecule has 3 aromatic heterocycles. The predicted molar refractivity (Wildman–Crippen MR) is 122 cm³/mol. The number of hydrogen-bond acceptors (Lipinski definition) is 7. The van der Waals surface area contributed by atoms with E-state index in [0.29, 0.717) is 22.1 Å². The number of rotatable bonds is 7. The number of ketones is 1. The van der Waals surface area contributed by atoms with Crippen molar-refractivity contribution in [3.63, 3.8) is 0 Å². The van der Waals surface area contributed by atoms with Crippen molar-refractivity contribution in [3.05, 3.63) is 97.3 Å². The van der Waals surface area contributed by atoms with Crippen LogP contribution in [0.3, 0.4) is 0 Å². The summed E-state index contributed by atoms with van der Waals surface area (Å²) >= 11 is 1.25. The molecule has 0 fully saturated rings. The molecule has 0 radical (unpaired) electrons. The van der Waals surface area contributed by atoms with Crippen molar-refractivity contribution in [1.82, 2.24) is 15.2 Å². The van der Waals surface area contributed by atoms with Crippen LogP contribution in [0.15, 0.2) is 106 Å². The highest BCUT2D eigenvalue weighted by Gasteiger charge is 2.17. The molecule has 0 saturated carbocycles. The van der Waals surface area contributed by atoms with E-state index in [1.807, 2.05) is 60.7 Å². The molecule has 0 bridgehead atoms. The molecule has 0 aliphatic carbocycles. The second-order valence-electron chi connectivity index (χ2n) is 6.97. The molecule has 0 N–H and O–H groups in total. The van der Waals surface area contributed by atoms with E-state index in [-0.39, 0.29) is 11.5 Å². The molecule has 156 valence electrons. The zero-order valence-electron chi connectivity index (χ0n) is 16.8. The van der Waals surface area contributed by atoms with Crippen LogP contribution < -0.4 is 0 Å². The third-order valence-electron chi connectivity index (χ3n) is 4.90. The molecule has 0 amide bonds. The highest BCUT2D eigenvalue weighted by Crippen LogP contribution is 2.30. The van der Waals surface area contributed by atoms with E-state index in [1.165, 1.54) is 11.8 Å². The fraction of sp³-hybridized carbons (Fsp3) is 0.0400. The van der Waals surface area contributed by atoms with Crippen LogP contribution in [-0.4, -0.2) is 26.7 Å². The summed E-state index contributed by atoms with van der Waals surface area (Å²) in [4.78, 5) is 17.3. The summed E-state index contributed by atoms with van der Waals surface area (Å²) in [6.45, 7) is 0.